The quantitative estimate of drug-likeness (QED) is 0.704. The molecule has 112 valence electrons. The monoisotopic (exact) mass is 371 g/mol. The summed E-state index contributed by atoms with van der Waals surface area (Å²) in [4.78, 5) is 16.4. The Balaban J connectivity index is 2.51. The highest BCUT2D eigenvalue weighted by molar-refractivity contribution is 9.10. The number of aromatic nitrogens is 1. The molecule has 0 saturated heterocycles. The Morgan fingerprint density at radius 3 is 2.76 bits per heavy atom. The van der Waals surface area contributed by atoms with E-state index in [9.17, 15) is 4.79 Å². The average Bonchev–Trinajstić information content (AvgIpc) is 2.84. The van der Waals surface area contributed by atoms with Crippen molar-refractivity contribution in [2.24, 2.45) is 0 Å². The first-order valence-electron chi connectivity index (χ1n) is 6.57. The lowest BCUT2D eigenvalue weighted by atomic mass is 10.1. The predicted molar refractivity (Wildman–Crippen MR) is 84.7 cm³/mol. The van der Waals surface area contributed by atoms with Crippen LogP contribution in [0.1, 0.15) is 42.9 Å². The van der Waals surface area contributed by atoms with Crippen LogP contribution in [0.15, 0.2) is 27.1 Å². The summed E-state index contributed by atoms with van der Waals surface area (Å²) in [6.07, 6.45) is 0. The Kier molecular flexibility index (Phi) is 5.06. The van der Waals surface area contributed by atoms with Crippen LogP contribution in [0.5, 0.6) is 0 Å². The molecular formula is C15H15BrClNO3. The topological polar surface area (TPSA) is 52.3 Å². The van der Waals surface area contributed by atoms with E-state index in [4.69, 9.17) is 20.8 Å². The molecule has 0 amide bonds. The maximum atomic E-state index is 12.0. The number of carbonyl (C=O) groups is 1. The molecule has 0 aliphatic heterocycles. The van der Waals surface area contributed by atoms with Crippen molar-refractivity contribution in [1.82, 2.24) is 4.98 Å². The normalized spacial score (nSPS) is 11.0. The van der Waals surface area contributed by atoms with Gasteiger partial charge >= 0.3 is 5.97 Å². The third-order valence-electron chi connectivity index (χ3n) is 2.82. The summed E-state index contributed by atoms with van der Waals surface area (Å²) in [7, 11) is 0. The van der Waals surface area contributed by atoms with Gasteiger partial charge in [0.1, 0.15) is 0 Å². The zero-order chi connectivity index (χ0) is 15.6. The van der Waals surface area contributed by atoms with Gasteiger partial charge in [-0.2, -0.15) is 0 Å². The third-order valence-corrected chi connectivity index (χ3v) is 3.63. The zero-order valence-corrected chi connectivity index (χ0v) is 14.3. The van der Waals surface area contributed by atoms with Crippen LogP contribution < -0.4 is 0 Å². The number of rotatable bonds is 4. The molecule has 0 bridgehead atoms. The average molecular weight is 373 g/mol. The van der Waals surface area contributed by atoms with Gasteiger partial charge in [-0.1, -0.05) is 41.4 Å². The molecule has 2 aromatic rings. The second-order valence-corrected chi connectivity index (χ2v) is 6.06. The van der Waals surface area contributed by atoms with E-state index in [1.165, 1.54) is 0 Å². The Labute approximate surface area is 136 Å². The van der Waals surface area contributed by atoms with Gasteiger partial charge in [-0.05, 0) is 31.0 Å². The van der Waals surface area contributed by atoms with Crippen molar-refractivity contribution in [1.29, 1.82) is 0 Å². The Bertz CT molecular complexity index is 667. The van der Waals surface area contributed by atoms with Crippen molar-refractivity contribution in [3.63, 3.8) is 0 Å². The van der Waals surface area contributed by atoms with E-state index in [2.05, 4.69) is 20.9 Å². The van der Waals surface area contributed by atoms with Crippen molar-refractivity contribution < 1.29 is 13.9 Å². The van der Waals surface area contributed by atoms with E-state index >= 15 is 0 Å². The molecule has 0 aliphatic rings. The maximum Gasteiger partial charge on any atom is 0.376 e. The van der Waals surface area contributed by atoms with Gasteiger partial charge in [0.25, 0.3) is 0 Å². The van der Waals surface area contributed by atoms with Crippen molar-refractivity contribution >= 4 is 33.5 Å². The van der Waals surface area contributed by atoms with E-state index < -0.39 is 5.97 Å². The standard InChI is InChI=1S/C15H15BrClNO3/c1-4-20-15(19)13-12(8(2)3)18-14(21-13)10-6-5-9(16)7-11(10)17/h5-8H,4H2,1-3H3. The second kappa shape index (κ2) is 6.62. The van der Waals surface area contributed by atoms with Gasteiger partial charge in [0.05, 0.1) is 22.9 Å². The number of benzene rings is 1. The fourth-order valence-electron chi connectivity index (χ4n) is 1.84. The van der Waals surface area contributed by atoms with Crippen LogP contribution in [-0.4, -0.2) is 17.6 Å². The van der Waals surface area contributed by atoms with E-state index in [0.29, 0.717) is 22.2 Å². The molecule has 0 unspecified atom stereocenters. The van der Waals surface area contributed by atoms with Crippen molar-refractivity contribution in [3.8, 4) is 11.5 Å². The summed E-state index contributed by atoms with van der Waals surface area (Å²) in [6, 6.07) is 5.38. The molecule has 0 fully saturated rings. The summed E-state index contributed by atoms with van der Waals surface area (Å²) in [6.45, 7) is 5.91. The van der Waals surface area contributed by atoms with Gasteiger partial charge < -0.3 is 9.15 Å². The van der Waals surface area contributed by atoms with Crippen LogP contribution in [0, 0.1) is 0 Å². The fraction of sp³-hybridized carbons (Fsp3) is 0.333. The molecule has 1 heterocycles. The van der Waals surface area contributed by atoms with Crippen LogP contribution >= 0.6 is 27.5 Å². The molecule has 2 rings (SSSR count). The molecule has 1 aromatic heterocycles. The van der Waals surface area contributed by atoms with Crippen molar-refractivity contribution in [2.45, 2.75) is 26.7 Å². The highest BCUT2D eigenvalue weighted by atomic mass is 79.9. The smallest absolute Gasteiger partial charge is 0.376 e. The summed E-state index contributed by atoms with van der Waals surface area (Å²) in [5.41, 5.74) is 1.21. The molecule has 0 aliphatic carbocycles. The van der Waals surface area contributed by atoms with Gasteiger partial charge in [-0.15, -0.1) is 0 Å². The largest absolute Gasteiger partial charge is 0.460 e. The van der Waals surface area contributed by atoms with Crippen LogP contribution in [-0.2, 0) is 4.74 Å². The van der Waals surface area contributed by atoms with E-state index in [0.717, 1.165) is 4.47 Å². The summed E-state index contributed by atoms with van der Waals surface area (Å²) < 4.78 is 11.5. The summed E-state index contributed by atoms with van der Waals surface area (Å²) >= 11 is 9.55. The summed E-state index contributed by atoms with van der Waals surface area (Å²) in [5, 5.41) is 0.497. The number of halogens is 2. The van der Waals surface area contributed by atoms with Gasteiger partial charge in [-0.25, -0.2) is 9.78 Å². The lowest BCUT2D eigenvalue weighted by Crippen LogP contribution is -2.07. The van der Waals surface area contributed by atoms with Gasteiger partial charge in [0.2, 0.25) is 11.7 Å². The predicted octanol–water partition coefficient (Wildman–Crippen LogP) is 5.06. The number of carbonyl (C=O) groups excluding carboxylic acids is 1. The number of esters is 1. The van der Waals surface area contributed by atoms with Crippen molar-refractivity contribution in [2.75, 3.05) is 6.61 Å². The molecule has 6 heteroatoms. The first-order chi connectivity index (χ1) is 9.93. The minimum atomic E-state index is -0.506. The summed E-state index contributed by atoms with van der Waals surface area (Å²) in [5.74, 6) is -0.00981. The van der Waals surface area contributed by atoms with E-state index in [-0.39, 0.29) is 18.3 Å². The molecule has 0 spiro atoms. The maximum absolute atomic E-state index is 12.0. The molecular weight excluding hydrogens is 358 g/mol. The minimum absolute atomic E-state index is 0.0381. The number of ether oxygens (including phenoxy) is 1. The van der Waals surface area contributed by atoms with Gasteiger partial charge in [-0.3, -0.25) is 0 Å². The first-order valence-corrected chi connectivity index (χ1v) is 7.74. The van der Waals surface area contributed by atoms with Crippen molar-refractivity contribution in [3.05, 3.63) is 39.1 Å². The first kappa shape index (κ1) is 16.0. The Morgan fingerprint density at radius 2 is 2.19 bits per heavy atom. The highest BCUT2D eigenvalue weighted by Crippen LogP contribution is 2.33. The van der Waals surface area contributed by atoms with Gasteiger partial charge in [0, 0.05) is 4.47 Å². The molecule has 1 aromatic carbocycles. The van der Waals surface area contributed by atoms with E-state index in [1.54, 1.807) is 19.1 Å². The van der Waals surface area contributed by atoms with E-state index in [1.807, 2.05) is 19.9 Å². The Hall–Kier alpha value is -1.33. The van der Waals surface area contributed by atoms with Gasteiger partial charge in [0.15, 0.2) is 0 Å². The van der Waals surface area contributed by atoms with Crippen LogP contribution in [0.4, 0.5) is 0 Å². The number of oxazole rings is 1. The molecule has 0 saturated carbocycles. The van der Waals surface area contributed by atoms with Crippen LogP contribution in [0.25, 0.3) is 11.5 Å². The third kappa shape index (κ3) is 3.47. The number of nitrogens with zero attached hydrogens (tertiary/aromatic N) is 1. The molecule has 0 N–H and O–H groups in total. The molecule has 21 heavy (non-hydrogen) atoms. The second-order valence-electron chi connectivity index (χ2n) is 4.73. The SMILES string of the molecule is CCOC(=O)c1oc(-c2ccc(Br)cc2Cl)nc1C(C)C. The zero-order valence-electron chi connectivity index (χ0n) is 11.9. The number of hydrogen-bond acceptors (Lipinski definition) is 4. The lowest BCUT2D eigenvalue weighted by molar-refractivity contribution is 0.0488. The van der Waals surface area contributed by atoms with Crippen LogP contribution in [0.3, 0.4) is 0 Å². The fourth-order valence-corrected chi connectivity index (χ4v) is 2.60. The number of hydrogen-bond donors (Lipinski definition) is 0. The molecule has 4 nitrogen and oxygen atoms in total. The molecule has 0 atom stereocenters. The Morgan fingerprint density at radius 1 is 1.48 bits per heavy atom. The molecule has 0 radical (unpaired) electrons. The highest BCUT2D eigenvalue weighted by Gasteiger charge is 2.24. The lowest BCUT2D eigenvalue weighted by Gasteiger charge is -2.02. The minimum Gasteiger partial charge on any atom is -0.460 e. The van der Waals surface area contributed by atoms with Crippen LogP contribution in [0.2, 0.25) is 5.02 Å².